The molecule has 0 saturated carbocycles. The van der Waals surface area contributed by atoms with E-state index in [-0.39, 0.29) is 17.5 Å². The van der Waals surface area contributed by atoms with E-state index in [0.717, 1.165) is 0 Å². The first-order valence-electron chi connectivity index (χ1n) is 4.99. The predicted octanol–water partition coefficient (Wildman–Crippen LogP) is 1.64. The molecule has 1 rings (SSSR count). The van der Waals surface area contributed by atoms with Gasteiger partial charge in [-0.15, -0.1) is 0 Å². The monoisotopic (exact) mass is 261 g/mol. The molecule has 0 aliphatic carbocycles. The molecule has 7 nitrogen and oxygen atoms in total. The second kappa shape index (κ2) is 5.62. The first-order valence-corrected chi connectivity index (χ1v) is 5.37. The van der Waals surface area contributed by atoms with Crippen LogP contribution < -0.4 is 0 Å². The lowest BCUT2D eigenvalue weighted by atomic mass is 10.2. The average Bonchev–Trinajstić information content (AvgIpc) is 2.59. The van der Waals surface area contributed by atoms with E-state index in [9.17, 15) is 14.9 Å². The lowest BCUT2D eigenvalue weighted by molar-refractivity contribution is -0.389. The summed E-state index contributed by atoms with van der Waals surface area (Å²) >= 11 is 5.62. The fraction of sp³-hybridized carbons (Fsp3) is 0.556. The number of carbonyl (C=O) groups is 1. The van der Waals surface area contributed by atoms with Crippen molar-refractivity contribution in [3.8, 4) is 0 Å². The lowest BCUT2D eigenvalue weighted by Crippen LogP contribution is -2.20. The van der Waals surface area contributed by atoms with Crippen LogP contribution in [0.15, 0.2) is 6.20 Å². The minimum absolute atomic E-state index is 0.0499. The molecule has 1 aromatic rings. The van der Waals surface area contributed by atoms with Crippen molar-refractivity contribution in [1.29, 1.82) is 0 Å². The Morgan fingerprint density at radius 3 is 2.88 bits per heavy atom. The van der Waals surface area contributed by atoms with E-state index in [1.807, 2.05) is 0 Å². The van der Waals surface area contributed by atoms with E-state index in [1.165, 1.54) is 10.9 Å². The van der Waals surface area contributed by atoms with Gasteiger partial charge < -0.3 is 14.9 Å². The third-order valence-corrected chi connectivity index (χ3v) is 2.29. The van der Waals surface area contributed by atoms with Crippen LogP contribution >= 0.6 is 11.6 Å². The van der Waals surface area contributed by atoms with Crippen LogP contribution in [0.4, 0.5) is 5.82 Å². The van der Waals surface area contributed by atoms with Crippen LogP contribution in [0.25, 0.3) is 0 Å². The molecule has 1 heterocycles. The summed E-state index contributed by atoms with van der Waals surface area (Å²) in [4.78, 5) is 21.2. The van der Waals surface area contributed by atoms with Gasteiger partial charge in [-0.1, -0.05) is 18.5 Å². The number of esters is 1. The van der Waals surface area contributed by atoms with Crippen molar-refractivity contribution in [2.45, 2.75) is 20.4 Å². The maximum absolute atomic E-state index is 11.3. The fourth-order valence-electron chi connectivity index (χ4n) is 1.24. The van der Waals surface area contributed by atoms with E-state index in [1.54, 1.807) is 13.8 Å². The Morgan fingerprint density at radius 1 is 1.76 bits per heavy atom. The minimum atomic E-state index is -0.673. The van der Waals surface area contributed by atoms with Gasteiger partial charge in [0.05, 0.1) is 30.4 Å². The fourth-order valence-corrected chi connectivity index (χ4v) is 1.46. The Labute approximate surface area is 102 Å². The second-order valence-corrected chi connectivity index (χ2v) is 3.84. The van der Waals surface area contributed by atoms with Gasteiger partial charge in [-0.3, -0.25) is 4.79 Å². The summed E-state index contributed by atoms with van der Waals surface area (Å²) in [5.74, 6) is -1.23. The molecule has 0 aliphatic heterocycles. The van der Waals surface area contributed by atoms with Crippen LogP contribution in [0, 0.1) is 16.0 Å². The topological polar surface area (TPSA) is 87.3 Å². The molecule has 0 aliphatic rings. The standard InChI is InChI=1S/C9H12ClN3O4/c1-3-17-9(14)6(2)4-12-5-7(10)8(11-12)13(15)16/h5-6H,3-4H2,1-2H3. The Balaban J connectivity index is 2.72. The molecule has 1 atom stereocenters. The maximum atomic E-state index is 11.3. The highest BCUT2D eigenvalue weighted by atomic mass is 35.5. The van der Waals surface area contributed by atoms with Gasteiger partial charge in [-0.25, -0.2) is 0 Å². The number of ether oxygens (including phenoxy) is 1. The smallest absolute Gasteiger partial charge is 0.408 e. The van der Waals surface area contributed by atoms with E-state index in [4.69, 9.17) is 16.3 Å². The molecule has 94 valence electrons. The summed E-state index contributed by atoms with van der Waals surface area (Å²) in [5, 5.41) is 14.1. The van der Waals surface area contributed by atoms with Crippen molar-refractivity contribution in [1.82, 2.24) is 9.78 Å². The van der Waals surface area contributed by atoms with Gasteiger partial charge in [0.1, 0.15) is 0 Å². The summed E-state index contributed by atoms with van der Waals surface area (Å²) in [6.45, 7) is 3.84. The number of carbonyl (C=O) groups excluding carboxylic acids is 1. The van der Waals surface area contributed by atoms with Crippen molar-refractivity contribution in [3.05, 3.63) is 21.3 Å². The van der Waals surface area contributed by atoms with Gasteiger partial charge in [0.25, 0.3) is 0 Å². The van der Waals surface area contributed by atoms with Gasteiger partial charge in [0.15, 0.2) is 5.02 Å². The number of hydrogen-bond donors (Lipinski definition) is 0. The van der Waals surface area contributed by atoms with Crippen LogP contribution in [-0.2, 0) is 16.1 Å². The molecular weight excluding hydrogens is 250 g/mol. The Morgan fingerprint density at radius 2 is 2.41 bits per heavy atom. The zero-order valence-corrected chi connectivity index (χ0v) is 10.2. The molecule has 0 aromatic carbocycles. The number of hydrogen-bond acceptors (Lipinski definition) is 5. The van der Waals surface area contributed by atoms with Crippen molar-refractivity contribution in [2.24, 2.45) is 5.92 Å². The van der Waals surface area contributed by atoms with E-state index >= 15 is 0 Å². The molecular formula is C9H12ClN3O4. The van der Waals surface area contributed by atoms with Crippen molar-refractivity contribution >= 4 is 23.4 Å². The summed E-state index contributed by atoms with van der Waals surface area (Å²) in [6, 6.07) is 0. The number of nitro groups is 1. The Kier molecular flexibility index (Phi) is 4.45. The number of aromatic nitrogens is 2. The third kappa shape index (κ3) is 3.42. The molecule has 0 fully saturated rings. The van der Waals surface area contributed by atoms with E-state index in [2.05, 4.69) is 5.10 Å². The normalized spacial score (nSPS) is 12.2. The molecule has 0 radical (unpaired) electrons. The first-order chi connectivity index (χ1) is 7.95. The second-order valence-electron chi connectivity index (χ2n) is 3.43. The lowest BCUT2D eigenvalue weighted by Gasteiger charge is -2.07. The molecule has 17 heavy (non-hydrogen) atoms. The van der Waals surface area contributed by atoms with Crippen LogP contribution in [0.5, 0.6) is 0 Å². The molecule has 1 aromatic heterocycles. The zero-order valence-electron chi connectivity index (χ0n) is 9.42. The van der Waals surface area contributed by atoms with Crippen LogP contribution in [0.2, 0.25) is 5.02 Å². The first kappa shape index (κ1) is 13.4. The summed E-state index contributed by atoms with van der Waals surface area (Å²) < 4.78 is 6.08. The highest BCUT2D eigenvalue weighted by molar-refractivity contribution is 6.32. The Hall–Kier alpha value is -1.63. The molecule has 0 amide bonds. The number of rotatable bonds is 5. The molecule has 0 spiro atoms. The minimum Gasteiger partial charge on any atom is -0.466 e. The van der Waals surface area contributed by atoms with Gasteiger partial charge >= 0.3 is 11.8 Å². The number of halogens is 1. The largest absolute Gasteiger partial charge is 0.466 e. The average molecular weight is 262 g/mol. The quantitative estimate of drug-likeness (QED) is 0.457. The Bertz CT molecular complexity index is 432. The molecule has 0 N–H and O–H groups in total. The van der Waals surface area contributed by atoms with Gasteiger partial charge in [-0.2, -0.15) is 4.68 Å². The SMILES string of the molecule is CCOC(=O)C(C)Cn1cc(Cl)c([N+](=O)[O-])n1. The summed E-state index contributed by atoms with van der Waals surface area (Å²) in [5.41, 5.74) is 0. The van der Waals surface area contributed by atoms with E-state index in [0.29, 0.717) is 6.61 Å². The molecule has 0 saturated heterocycles. The van der Waals surface area contributed by atoms with Crippen LogP contribution in [0.1, 0.15) is 13.8 Å². The molecule has 1 unspecified atom stereocenters. The molecule has 8 heteroatoms. The van der Waals surface area contributed by atoms with Crippen LogP contribution in [-0.4, -0.2) is 27.3 Å². The maximum Gasteiger partial charge on any atom is 0.408 e. The third-order valence-electron chi connectivity index (χ3n) is 2.02. The predicted molar refractivity (Wildman–Crippen MR) is 59.7 cm³/mol. The highest BCUT2D eigenvalue weighted by Gasteiger charge is 2.22. The summed E-state index contributed by atoms with van der Waals surface area (Å²) in [6.07, 6.45) is 1.31. The van der Waals surface area contributed by atoms with Gasteiger partial charge in [-0.05, 0) is 11.8 Å². The number of nitrogens with zero attached hydrogens (tertiary/aromatic N) is 3. The van der Waals surface area contributed by atoms with Crippen LogP contribution in [0.3, 0.4) is 0 Å². The van der Waals surface area contributed by atoms with Crippen molar-refractivity contribution in [3.63, 3.8) is 0 Å². The highest BCUT2D eigenvalue weighted by Crippen LogP contribution is 2.21. The van der Waals surface area contributed by atoms with Gasteiger partial charge in [0, 0.05) is 0 Å². The van der Waals surface area contributed by atoms with Gasteiger partial charge in [0.2, 0.25) is 0 Å². The zero-order chi connectivity index (χ0) is 13.0. The van der Waals surface area contributed by atoms with E-state index < -0.39 is 16.7 Å². The molecule has 0 bridgehead atoms. The van der Waals surface area contributed by atoms with Crippen molar-refractivity contribution in [2.75, 3.05) is 6.61 Å². The summed E-state index contributed by atoms with van der Waals surface area (Å²) in [7, 11) is 0. The van der Waals surface area contributed by atoms with Crippen molar-refractivity contribution < 1.29 is 14.5 Å².